The van der Waals surface area contributed by atoms with Crippen molar-refractivity contribution in [3.63, 3.8) is 0 Å². The number of aryl methyl sites for hydroxylation is 1. The lowest BCUT2D eigenvalue weighted by Crippen LogP contribution is -2.25. The van der Waals surface area contributed by atoms with Crippen LogP contribution in [0.1, 0.15) is 27.8 Å². The van der Waals surface area contributed by atoms with Crippen molar-refractivity contribution in [1.29, 1.82) is 0 Å². The first-order valence-corrected chi connectivity index (χ1v) is 8.46. The number of ether oxygens (including phenoxy) is 2. The fourth-order valence-electron chi connectivity index (χ4n) is 3.40. The summed E-state index contributed by atoms with van der Waals surface area (Å²) in [5.41, 5.74) is 5.65. The quantitative estimate of drug-likeness (QED) is 0.941. The monoisotopic (exact) mass is 323 g/mol. The highest BCUT2D eigenvalue weighted by atomic mass is 16.5. The summed E-state index contributed by atoms with van der Waals surface area (Å²) in [6.45, 7) is 3.99. The van der Waals surface area contributed by atoms with Crippen LogP contribution in [0.5, 0.6) is 11.5 Å². The van der Waals surface area contributed by atoms with Gasteiger partial charge in [0.2, 0.25) is 5.91 Å². The second-order valence-corrected chi connectivity index (χ2v) is 6.46. The zero-order chi connectivity index (χ0) is 16.5. The third kappa shape index (κ3) is 2.84. The number of benzene rings is 2. The summed E-state index contributed by atoms with van der Waals surface area (Å²) in [7, 11) is 0. The van der Waals surface area contributed by atoms with Crippen molar-refractivity contribution in [3.05, 3.63) is 58.1 Å². The minimum atomic E-state index is 0.0218. The summed E-state index contributed by atoms with van der Waals surface area (Å²) >= 11 is 0. The van der Waals surface area contributed by atoms with Gasteiger partial charge in [0.25, 0.3) is 0 Å². The number of carbonyl (C=O) groups excluding carboxylic acids is 1. The number of amides is 1. The van der Waals surface area contributed by atoms with Crippen molar-refractivity contribution < 1.29 is 14.3 Å². The van der Waals surface area contributed by atoms with Gasteiger partial charge in [-0.3, -0.25) is 4.79 Å². The molecule has 0 spiro atoms. The van der Waals surface area contributed by atoms with E-state index in [2.05, 4.69) is 30.4 Å². The first-order valence-electron chi connectivity index (χ1n) is 8.46. The highest BCUT2D eigenvalue weighted by molar-refractivity contribution is 5.80. The molecule has 0 radical (unpaired) electrons. The summed E-state index contributed by atoms with van der Waals surface area (Å²) in [5.74, 6) is 1.86. The maximum Gasteiger partial charge on any atom is 0.224 e. The van der Waals surface area contributed by atoms with Gasteiger partial charge >= 0.3 is 0 Å². The molecule has 0 aliphatic carbocycles. The van der Waals surface area contributed by atoms with E-state index in [0.29, 0.717) is 26.2 Å². The number of nitrogens with one attached hydrogen (secondary N) is 1. The van der Waals surface area contributed by atoms with Gasteiger partial charge in [-0.25, -0.2) is 0 Å². The molecule has 0 unspecified atom stereocenters. The molecular formula is C20H21NO3. The minimum Gasteiger partial charge on any atom is -0.493 e. The zero-order valence-corrected chi connectivity index (χ0v) is 13.9. The molecular weight excluding hydrogens is 302 g/mol. The number of rotatable bonds is 4. The Morgan fingerprint density at radius 2 is 1.92 bits per heavy atom. The Labute approximate surface area is 141 Å². The van der Waals surface area contributed by atoms with Crippen molar-refractivity contribution in [2.75, 3.05) is 13.2 Å². The lowest BCUT2D eigenvalue weighted by atomic mass is 9.97. The minimum absolute atomic E-state index is 0.0218. The molecule has 2 aromatic rings. The molecule has 4 heteroatoms. The van der Waals surface area contributed by atoms with Gasteiger partial charge in [0, 0.05) is 36.1 Å². The summed E-state index contributed by atoms with van der Waals surface area (Å²) in [6.07, 6.45) is 2.09. The average Bonchev–Trinajstić information content (AvgIpc) is 3.23. The molecule has 2 aliphatic rings. The molecule has 4 nitrogen and oxygen atoms in total. The molecule has 0 aromatic heterocycles. The Morgan fingerprint density at radius 3 is 2.75 bits per heavy atom. The standard InChI is InChI=1S/C20H21NO3/c1-13-2-4-14(5-3-13)12-21-19(22)11-17-16-7-9-23-18(16)10-15-6-8-24-20(15)17/h2-5,10H,6-9,11-12H2,1H3,(H,21,22). The van der Waals surface area contributed by atoms with E-state index >= 15 is 0 Å². The fraction of sp³-hybridized carbons (Fsp3) is 0.350. The van der Waals surface area contributed by atoms with Crippen LogP contribution in [0.15, 0.2) is 30.3 Å². The van der Waals surface area contributed by atoms with Crippen LogP contribution in [0.2, 0.25) is 0 Å². The van der Waals surface area contributed by atoms with E-state index in [0.717, 1.165) is 46.6 Å². The van der Waals surface area contributed by atoms with Gasteiger partial charge in [0.05, 0.1) is 19.6 Å². The van der Waals surface area contributed by atoms with Crippen LogP contribution in [0, 0.1) is 6.92 Å². The predicted molar refractivity (Wildman–Crippen MR) is 91.6 cm³/mol. The topological polar surface area (TPSA) is 47.6 Å². The molecule has 2 aromatic carbocycles. The SMILES string of the molecule is Cc1ccc(CNC(=O)Cc2c3c(cc4c2OCC4)OCC3)cc1. The molecule has 0 fully saturated rings. The molecule has 0 bridgehead atoms. The van der Waals surface area contributed by atoms with Crippen molar-refractivity contribution in [2.24, 2.45) is 0 Å². The normalized spacial score (nSPS) is 14.5. The Kier molecular flexibility index (Phi) is 3.89. The lowest BCUT2D eigenvalue weighted by molar-refractivity contribution is -0.120. The molecule has 2 aliphatic heterocycles. The highest BCUT2D eigenvalue weighted by Crippen LogP contribution is 2.40. The second kappa shape index (κ2) is 6.19. The maximum absolute atomic E-state index is 12.4. The van der Waals surface area contributed by atoms with Gasteiger partial charge in [-0.05, 0) is 18.6 Å². The molecule has 0 saturated carbocycles. The van der Waals surface area contributed by atoms with Crippen molar-refractivity contribution in [3.8, 4) is 11.5 Å². The van der Waals surface area contributed by atoms with Crippen LogP contribution in [0.3, 0.4) is 0 Å². The average molecular weight is 323 g/mol. The Hall–Kier alpha value is -2.49. The van der Waals surface area contributed by atoms with Crippen molar-refractivity contribution >= 4 is 5.91 Å². The van der Waals surface area contributed by atoms with Crippen LogP contribution >= 0.6 is 0 Å². The third-order valence-electron chi connectivity index (χ3n) is 4.71. The highest BCUT2D eigenvalue weighted by Gasteiger charge is 2.27. The molecule has 2 heterocycles. The van der Waals surface area contributed by atoms with Crippen LogP contribution in [0.25, 0.3) is 0 Å². The second-order valence-electron chi connectivity index (χ2n) is 6.46. The number of hydrogen-bond donors (Lipinski definition) is 1. The first-order chi connectivity index (χ1) is 11.7. The maximum atomic E-state index is 12.4. The Morgan fingerprint density at radius 1 is 1.12 bits per heavy atom. The van der Waals surface area contributed by atoms with Crippen LogP contribution in [-0.2, 0) is 30.6 Å². The van der Waals surface area contributed by atoms with Crippen molar-refractivity contribution in [2.45, 2.75) is 32.7 Å². The third-order valence-corrected chi connectivity index (χ3v) is 4.71. The predicted octanol–water partition coefficient (Wildman–Crippen LogP) is 2.72. The summed E-state index contributed by atoms with van der Waals surface area (Å²) < 4.78 is 11.5. The molecule has 0 atom stereocenters. The summed E-state index contributed by atoms with van der Waals surface area (Å²) in [5, 5.41) is 3.01. The van der Waals surface area contributed by atoms with Crippen LogP contribution in [0.4, 0.5) is 0 Å². The van der Waals surface area contributed by atoms with Gasteiger partial charge in [0.1, 0.15) is 11.5 Å². The van der Waals surface area contributed by atoms with Crippen LogP contribution < -0.4 is 14.8 Å². The number of hydrogen-bond acceptors (Lipinski definition) is 3. The largest absolute Gasteiger partial charge is 0.493 e. The van der Waals surface area contributed by atoms with E-state index in [-0.39, 0.29) is 5.91 Å². The first kappa shape index (κ1) is 15.1. The zero-order valence-electron chi connectivity index (χ0n) is 13.9. The van der Waals surface area contributed by atoms with E-state index in [1.165, 1.54) is 5.56 Å². The van der Waals surface area contributed by atoms with Crippen LogP contribution in [-0.4, -0.2) is 19.1 Å². The van der Waals surface area contributed by atoms with E-state index in [4.69, 9.17) is 9.47 Å². The van der Waals surface area contributed by atoms with Gasteiger partial charge in [-0.1, -0.05) is 29.8 Å². The molecule has 4 rings (SSSR count). The Bertz CT molecular complexity index is 748. The van der Waals surface area contributed by atoms with E-state index in [1.807, 2.05) is 12.1 Å². The Balaban J connectivity index is 1.49. The van der Waals surface area contributed by atoms with Gasteiger partial charge in [-0.2, -0.15) is 0 Å². The van der Waals surface area contributed by atoms with E-state index in [9.17, 15) is 4.79 Å². The van der Waals surface area contributed by atoms with E-state index in [1.54, 1.807) is 0 Å². The molecule has 24 heavy (non-hydrogen) atoms. The molecule has 0 saturated heterocycles. The summed E-state index contributed by atoms with van der Waals surface area (Å²) in [6, 6.07) is 10.3. The van der Waals surface area contributed by atoms with Gasteiger partial charge in [-0.15, -0.1) is 0 Å². The number of fused-ring (bicyclic) bond motifs is 2. The fourth-order valence-corrected chi connectivity index (χ4v) is 3.40. The van der Waals surface area contributed by atoms with Gasteiger partial charge < -0.3 is 14.8 Å². The summed E-state index contributed by atoms with van der Waals surface area (Å²) in [4.78, 5) is 12.4. The molecule has 1 N–H and O–H groups in total. The smallest absolute Gasteiger partial charge is 0.224 e. The molecule has 124 valence electrons. The number of carbonyl (C=O) groups is 1. The lowest BCUT2D eigenvalue weighted by Gasteiger charge is -2.13. The molecule has 1 amide bonds. The van der Waals surface area contributed by atoms with Gasteiger partial charge in [0.15, 0.2) is 0 Å². The van der Waals surface area contributed by atoms with Crippen molar-refractivity contribution in [1.82, 2.24) is 5.32 Å². The van der Waals surface area contributed by atoms with E-state index < -0.39 is 0 Å².